The summed E-state index contributed by atoms with van der Waals surface area (Å²) in [5.41, 5.74) is 0.544. The molecule has 0 aliphatic heterocycles. The molecule has 378 valence electrons. The van der Waals surface area contributed by atoms with Crippen LogP contribution in [0.5, 0.6) is 5.75 Å². The van der Waals surface area contributed by atoms with E-state index >= 15 is 0 Å². The van der Waals surface area contributed by atoms with Gasteiger partial charge in [0.2, 0.25) is 23.4 Å². The molecule has 0 saturated carbocycles. The van der Waals surface area contributed by atoms with Gasteiger partial charge in [-0.15, -0.1) is 5.10 Å². The zero-order chi connectivity index (χ0) is 52.5. The smallest absolute Gasteiger partial charge is 0.308 e. The number of hydrogen-bond donors (Lipinski definition) is 3. The summed E-state index contributed by atoms with van der Waals surface area (Å²) in [5.74, 6) is -13.8. The van der Waals surface area contributed by atoms with Gasteiger partial charge in [-0.2, -0.15) is 8.78 Å². The standard InChI is InChI=1S/C55H53F4N7O7/c1-33(2)49(53(71)61-43(31-46(68)73-54(3,4)5)44(67)32-72-50-47(58)40(56)30-41(57)48(50)59)62-52(70)42(60-51(69)39-27-17-19-34-18-15-16-26-38(34)39)28-29-45-63-64-65-66(45)55(35-20-9-6-10-21-35,36-22-11-7-12-23-36)37-24-13-8-14-25-37/h6-27,30,33,42-43,49H,28-29,31-32H2,1-5H3,(H,60,69)(H,61,71)(H,62,70)/t42-,43-,49-/m0/s1. The second-order valence-electron chi connectivity index (χ2n) is 18.5. The number of nitrogens with zero attached hydrogens (tertiary/aromatic N) is 4. The van der Waals surface area contributed by atoms with Crippen LogP contribution in [0, 0.1) is 29.2 Å². The first-order chi connectivity index (χ1) is 34.9. The zero-order valence-electron chi connectivity index (χ0n) is 40.6. The molecule has 0 aliphatic carbocycles. The van der Waals surface area contributed by atoms with Gasteiger partial charge < -0.3 is 25.4 Å². The van der Waals surface area contributed by atoms with Crippen molar-refractivity contribution in [1.82, 2.24) is 36.2 Å². The Morgan fingerprint density at radius 1 is 0.658 bits per heavy atom. The van der Waals surface area contributed by atoms with Crippen molar-refractivity contribution in [1.29, 1.82) is 0 Å². The Balaban J connectivity index is 1.21. The summed E-state index contributed by atoms with van der Waals surface area (Å²) in [6.45, 7) is 6.59. The number of carbonyl (C=O) groups excluding carboxylic acids is 5. The highest BCUT2D eigenvalue weighted by atomic mass is 19.2. The molecule has 3 atom stereocenters. The molecule has 0 unspecified atom stereocenters. The molecule has 0 aliphatic rings. The lowest BCUT2D eigenvalue weighted by Gasteiger charge is -2.36. The number of fused-ring (bicyclic) bond motifs is 1. The zero-order valence-corrected chi connectivity index (χ0v) is 40.6. The summed E-state index contributed by atoms with van der Waals surface area (Å²) in [6, 6.07) is 36.7. The lowest BCUT2D eigenvalue weighted by Crippen LogP contribution is -2.58. The van der Waals surface area contributed by atoms with Gasteiger partial charge in [0.1, 0.15) is 35.9 Å². The van der Waals surface area contributed by atoms with Gasteiger partial charge in [0, 0.05) is 18.1 Å². The van der Waals surface area contributed by atoms with Crippen LogP contribution in [0.2, 0.25) is 0 Å². The number of ketones is 1. The first-order valence-electron chi connectivity index (χ1n) is 23.4. The van der Waals surface area contributed by atoms with E-state index in [2.05, 4.69) is 31.5 Å². The third kappa shape index (κ3) is 12.1. The average molecular weight is 1000 g/mol. The maximum absolute atomic E-state index is 14.8. The Morgan fingerprint density at radius 3 is 1.77 bits per heavy atom. The number of rotatable bonds is 20. The van der Waals surface area contributed by atoms with E-state index in [1.54, 1.807) is 63.6 Å². The third-order valence-corrected chi connectivity index (χ3v) is 11.9. The molecule has 0 fully saturated rings. The molecular weight excluding hydrogens is 947 g/mol. The Bertz CT molecular complexity index is 2970. The number of Topliss-reactive ketones (excluding diaryl/α,β-unsaturated/α-hetero) is 1. The van der Waals surface area contributed by atoms with E-state index in [-0.39, 0.29) is 24.5 Å². The molecule has 0 saturated heterocycles. The van der Waals surface area contributed by atoms with Crippen molar-refractivity contribution in [2.75, 3.05) is 6.61 Å². The lowest BCUT2D eigenvalue weighted by atomic mass is 9.77. The highest BCUT2D eigenvalue weighted by molar-refractivity contribution is 6.08. The molecule has 3 N–H and O–H groups in total. The van der Waals surface area contributed by atoms with Crippen molar-refractivity contribution in [2.45, 2.75) is 83.1 Å². The Morgan fingerprint density at radius 2 is 1.21 bits per heavy atom. The average Bonchev–Trinajstić information content (AvgIpc) is 3.84. The first kappa shape index (κ1) is 52.5. The minimum atomic E-state index is -1.91. The van der Waals surface area contributed by atoms with Crippen molar-refractivity contribution in [2.24, 2.45) is 5.92 Å². The maximum Gasteiger partial charge on any atom is 0.308 e. The number of ether oxygens (including phenoxy) is 2. The molecule has 0 spiro atoms. The van der Waals surface area contributed by atoms with Crippen LogP contribution in [0.15, 0.2) is 140 Å². The van der Waals surface area contributed by atoms with Gasteiger partial charge in [-0.3, -0.25) is 24.0 Å². The minimum Gasteiger partial charge on any atom is -0.479 e. The number of benzene rings is 6. The number of aromatic nitrogens is 4. The summed E-state index contributed by atoms with van der Waals surface area (Å²) in [6.07, 6.45) is -0.938. The van der Waals surface area contributed by atoms with Crippen molar-refractivity contribution >= 4 is 40.2 Å². The topological polar surface area (TPSA) is 183 Å². The van der Waals surface area contributed by atoms with Crippen LogP contribution >= 0.6 is 0 Å². The maximum atomic E-state index is 14.8. The van der Waals surface area contributed by atoms with Gasteiger partial charge in [-0.1, -0.05) is 141 Å². The normalized spacial score (nSPS) is 12.9. The molecular formula is C55H53F4N7O7. The van der Waals surface area contributed by atoms with Crippen LogP contribution in [0.1, 0.15) is 80.3 Å². The van der Waals surface area contributed by atoms with Crippen molar-refractivity contribution in [3.05, 3.63) is 191 Å². The number of nitrogens with one attached hydrogen (secondary N) is 3. The van der Waals surface area contributed by atoms with Crippen molar-refractivity contribution in [3.63, 3.8) is 0 Å². The summed E-state index contributed by atoms with van der Waals surface area (Å²) >= 11 is 0. The molecule has 6 aromatic carbocycles. The number of halogens is 4. The van der Waals surface area contributed by atoms with Gasteiger partial charge in [0.25, 0.3) is 5.91 Å². The van der Waals surface area contributed by atoms with Crippen LogP contribution in [0.25, 0.3) is 10.8 Å². The number of carbonyl (C=O) groups is 5. The third-order valence-electron chi connectivity index (χ3n) is 11.9. The van der Waals surface area contributed by atoms with Crippen LogP contribution in [0.4, 0.5) is 17.6 Å². The van der Waals surface area contributed by atoms with E-state index in [1.165, 1.54) is 0 Å². The van der Waals surface area contributed by atoms with Crippen LogP contribution in [-0.4, -0.2) is 80.0 Å². The van der Waals surface area contributed by atoms with Gasteiger partial charge in [-0.25, -0.2) is 13.5 Å². The highest BCUT2D eigenvalue weighted by Gasteiger charge is 2.42. The number of amides is 3. The van der Waals surface area contributed by atoms with Gasteiger partial charge >= 0.3 is 5.97 Å². The lowest BCUT2D eigenvalue weighted by molar-refractivity contribution is -0.156. The molecule has 7 aromatic rings. The van der Waals surface area contributed by atoms with E-state index < -0.39 is 107 Å². The summed E-state index contributed by atoms with van der Waals surface area (Å²) in [5, 5.41) is 22.6. The SMILES string of the molecule is CC(C)[C@H](NC(=O)[C@H](CCc1nnnn1C(c1ccccc1)(c1ccccc1)c1ccccc1)NC(=O)c1cccc2ccccc12)C(=O)N[C@@H](CC(=O)OC(C)(C)C)C(=O)COc1c(F)c(F)cc(F)c1F. The monoisotopic (exact) mass is 999 g/mol. The van der Waals surface area contributed by atoms with E-state index in [9.17, 15) is 41.5 Å². The van der Waals surface area contributed by atoms with Crippen molar-refractivity contribution in [3.8, 4) is 5.75 Å². The van der Waals surface area contributed by atoms with Crippen LogP contribution < -0.4 is 20.7 Å². The molecule has 7 rings (SSSR count). The molecule has 73 heavy (non-hydrogen) atoms. The Hall–Kier alpha value is -8.28. The Kier molecular flexibility index (Phi) is 16.5. The van der Waals surface area contributed by atoms with Crippen LogP contribution in [-0.2, 0) is 35.9 Å². The molecule has 3 amide bonds. The number of tetrazole rings is 1. The van der Waals surface area contributed by atoms with E-state index in [4.69, 9.17) is 9.47 Å². The first-order valence-corrected chi connectivity index (χ1v) is 23.4. The molecule has 0 radical (unpaired) electrons. The molecule has 0 bridgehead atoms. The number of aryl methyl sites for hydroxylation is 1. The predicted molar refractivity (Wildman–Crippen MR) is 262 cm³/mol. The molecule has 1 heterocycles. The second kappa shape index (κ2) is 22.9. The number of hydrogen-bond acceptors (Lipinski definition) is 10. The summed E-state index contributed by atoms with van der Waals surface area (Å²) in [7, 11) is 0. The van der Waals surface area contributed by atoms with Crippen LogP contribution in [0.3, 0.4) is 0 Å². The quantitative estimate of drug-likeness (QED) is 0.0293. The largest absolute Gasteiger partial charge is 0.479 e. The molecule has 1 aromatic heterocycles. The highest BCUT2D eigenvalue weighted by Crippen LogP contribution is 2.41. The molecule has 14 nitrogen and oxygen atoms in total. The van der Waals surface area contributed by atoms with Gasteiger partial charge in [0.15, 0.2) is 29.0 Å². The number of esters is 1. The van der Waals surface area contributed by atoms with Crippen molar-refractivity contribution < 1.29 is 51.0 Å². The molecule has 18 heteroatoms. The van der Waals surface area contributed by atoms with Gasteiger partial charge in [-0.05, 0) is 77.1 Å². The predicted octanol–water partition coefficient (Wildman–Crippen LogP) is 7.96. The van der Waals surface area contributed by atoms with E-state index in [0.717, 1.165) is 22.1 Å². The Labute approximate surface area is 418 Å². The fraction of sp³-hybridized carbons (Fsp3) is 0.273. The van der Waals surface area contributed by atoms with Gasteiger partial charge in [0.05, 0.1) is 6.42 Å². The summed E-state index contributed by atoms with van der Waals surface area (Å²) < 4.78 is 69.0. The van der Waals surface area contributed by atoms with E-state index in [1.807, 2.05) is 109 Å². The summed E-state index contributed by atoms with van der Waals surface area (Å²) in [4.78, 5) is 70.1. The second-order valence-corrected chi connectivity index (χ2v) is 18.5. The fourth-order valence-electron chi connectivity index (χ4n) is 8.50. The minimum absolute atomic E-state index is 0.00341. The fourth-order valence-corrected chi connectivity index (χ4v) is 8.50. The van der Waals surface area contributed by atoms with E-state index in [0.29, 0.717) is 11.2 Å².